The van der Waals surface area contributed by atoms with Crippen LogP contribution in [0.4, 0.5) is 10.2 Å². The fraction of sp³-hybridized carbons (Fsp3) is 0.286. The van der Waals surface area contributed by atoms with Gasteiger partial charge >= 0.3 is 0 Å². The third-order valence-corrected chi connectivity index (χ3v) is 3.22. The van der Waals surface area contributed by atoms with Crippen molar-refractivity contribution in [3.05, 3.63) is 42.5 Å². The summed E-state index contributed by atoms with van der Waals surface area (Å²) < 4.78 is 13.9. The molecule has 4 nitrogen and oxygen atoms in total. The van der Waals surface area contributed by atoms with Gasteiger partial charge in [-0.1, -0.05) is 12.1 Å². The molecule has 0 aliphatic carbocycles. The molecular formula is C14H17Cl2FN4. The summed E-state index contributed by atoms with van der Waals surface area (Å²) in [4.78, 5) is 10.9. The number of hydrogen-bond acceptors (Lipinski definition) is 4. The average molecular weight is 331 g/mol. The van der Waals surface area contributed by atoms with Crippen molar-refractivity contribution in [2.45, 2.75) is 0 Å². The quantitative estimate of drug-likeness (QED) is 0.918. The minimum atomic E-state index is -0.264. The van der Waals surface area contributed by atoms with E-state index in [1.165, 1.54) is 6.07 Å². The van der Waals surface area contributed by atoms with Crippen LogP contribution in [-0.4, -0.2) is 36.1 Å². The maximum Gasteiger partial charge on any atom is 0.155 e. The van der Waals surface area contributed by atoms with Gasteiger partial charge in [0, 0.05) is 44.1 Å². The number of nitrogens with one attached hydrogen (secondary N) is 1. The molecule has 114 valence electrons. The highest BCUT2D eigenvalue weighted by molar-refractivity contribution is 5.85. The summed E-state index contributed by atoms with van der Waals surface area (Å²) in [5.74, 6) is 0.494. The number of halogens is 3. The smallest absolute Gasteiger partial charge is 0.155 e. The van der Waals surface area contributed by atoms with E-state index in [0.29, 0.717) is 11.3 Å². The number of piperazine rings is 1. The van der Waals surface area contributed by atoms with E-state index >= 15 is 0 Å². The number of hydrogen-bond donors (Lipinski definition) is 1. The van der Waals surface area contributed by atoms with Crippen LogP contribution in [0.25, 0.3) is 11.3 Å². The van der Waals surface area contributed by atoms with Gasteiger partial charge in [0.1, 0.15) is 11.5 Å². The standard InChI is InChI=1S/C14H15FN4.2ClH/c15-12-4-2-1-3-11(12)13-14(18-6-5-17-13)19-9-7-16-8-10-19;;/h1-6,16H,7-10H2;2*1H. The van der Waals surface area contributed by atoms with Crippen LogP contribution in [0.1, 0.15) is 0 Å². The van der Waals surface area contributed by atoms with Crippen molar-refractivity contribution in [2.24, 2.45) is 0 Å². The third-order valence-electron chi connectivity index (χ3n) is 3.22. The molecular weight excluding hydrogens is 314 g/mol. The van der Waals surface area contributed by atoms with Crippen molar-refractivity contribution in [3.8, 4) is 11.3 Å². The van der Waals surface area contributed by atoms with E-state index in [-0.39, 0.29) is 30.6 Å². The highest BCUT2D eigenvalue weighted by Gasteiger charge is 2.18. The van der Waals surface area contributed by atoms with Crippen LogP contribution in [0.15, 0.2) is 36.7 Å². The second kappa shape index (κ2) is 8.12. The Bertz CT molecular complexity index is 576. The minimum absolute atomic E-state index is 0. The Labute approximate surface area is 135 Å². The molecule has 1 aliphatic heterocycles. The lowest BCUT2D eigenvalue weighted by atomic mass is 10.1. The van der Waals surface area contributed by atoms with Gasteiger partial charge in [-0.3, -0.25) is 4.98 Å². The fourth-order valence-electron chi connectivity index (χ4n) is 2.28. The van der Waals surface area contributed by atoms with Gasteiger partial charge in [0.2, 0.25) is 0 Å². The van der Waals surface area contributed by atoms with Crippen LogP contribution in [0.5, 0.6) is 0 Å². The Kier molecular flexibility index (Phi) is 6.81. The predicted octanol–water partition coefficient (Wildman–Crippen LogP) is 2.54. The summed E-state index contributed by atoms with van der Waals surface area (Å²) in [5.41, 5.74) is 1.12. The molecule has 1 aromatic carbocycles. The zero-order valence-electron chi connectivity index (χ0n) is 11.3. The number of aromatic nitrogens is 2. The summed E-state index contributed by atoms with van der Waals surface area (Å²) in [6.45, 7) is 3.54. The first-order chi connectivity index (χ1) is 9.36. The van der Waals surface area contributed by atoms with Gasteiger partial charge in [-0.15, -0.1) is 24.8 Å². The predicted molar refractivity (Wildman–Crippen MR) is 87.0 cm³/mol. The van der Waals surface area contributed by atoms with Gasteiger partial charge in [0.05, 0.1) is 0 Å². The topological polar surface area (TPSA) is 41.1 Å². The lowest BCUT2D eigenvalue weighted by molar-refractivity contribution is 0.584. The highest BCUT2D eigenvalue weighted by Crippen LogP contribution is 2.28. The van der Waals surface area contributed by atoms with E-state index < -0.39 is 0 Å². The van der Waals surface area contributed by atoms with E-state index in [1.807, 2.05) is 6.07 Å². The molecule has 1 fully saturated rings. The molecule has 0 spiro atoms. The molecule has 7 heteroatoms. The SMILES string of the molecule is Cl.Cl.Fc1ccccc1-c1nccnc1N1CCNCC1. The minimum Gasteiger partial charge on any atom is -0.352 e. The Morgan fingerprint density at radius 3 is 2.38 bits per heavy atom. The Hall–Kier alpha value is -1.43. The zero-order chi connectivity index (χ0) is 13.1. The molecule has 0 radical (unpaired) electrons. The number of anilines is 1. The molecule has 2 heterocycles. The molecule has 0 bridgehead atoms. The van der Waals surface area contributed by atoms with Gasteiger partial charge in [-0.05, 0) is 12.1 Å². The van der Waals surface area contributed by atoms with Crippen molar-refractivity contribution >= 4 is 30.6 Å². The lowest BCUT2D eigenvalue weighted by Gasteiger charge is -2.29. The molecule has 0 unspecified atom stereocenters. The highest BCUT2D eigenvalue weighted by atomic mass is 35.5. The molecule has 0 saturated carbocycles. The molecule has 2 aromatic rings. The Morgan fingerprint density at radius 2 is 1.67 bits per heavy atom. The van der Waals surface area contributed by atoms with Crippen molar-refractivity contribution in [1.29, 1.82) is 0 Å². The number of benzene rings is 1. The van der Waals surface area contributed by atoms with Crippen molar-refractivity contribution in [3.63, 3.8) is 0 Å². The maximum absolute atomic E-state index is 13.9. The number of nitrogens with zero attached hydrogens (tertiary/aromatic N) is 3. The Morgan fingerprint density at radius 1 is 1.00 bits per heavy atom. The second-order valence-corrected chi connectivity index (χ2v) is 4.45. The van der Waals surface area contributed by atoms with Crippen LogP contribution in [0, 0.1) is 5.82 Å². The molecule has 1 aromatic heterocycles. The van der Waals surface area contributed by atoms with Crippen LogP contribution in [-0.2, 0) is 0 Å². The summed E-state index contributed by atoms with van der Waals surface area (Å²) >= 11 is 0. The largest absolute Gasteiger partial charge is 0.352 e. The van der Waals surface area contributed by atoms with E-state index in [9.17, 15) is 4.39 Å². The lowest BCUT2D eigenvalue weighted by Crippen LogP contribution is -2.44. The van der Waals surface area contributed by atoms with Crippen LogP contribution in [0.3, 0.4) is 0 Å². The normalized spacial score (nSPS) is 14.0. The van der Waals surface area contributed by atoms with Gasteiger partial charge in [0.15, 0.2) is 5.82 Å². The summed E-state index contributed by atoms with van der Waals surface area (Å²) in [5, 5.41) is 3.29. The second-order valence-electron chi connectivity index (χ2n) is 4.45. The van der Waals surface area contributed by atoms with Crippen LogP contribution >= 0.6 is 24.8 Å². The van der Waals surface area contributed by atoms with Gasteiger partial charge in [-0.2, -0.15) is 0 Å². The molecule has 3 rings (SSSR count). The first kappa shape index (κ1) is 17.6. The summed E-state index contributed by atoms with van der Waals surface area (Å²) in [7, 11) is 0. The van der Waals surface area contributed by atoms with E-state index in [2.05, 4.69) is 20.2 Å². The van der Waals surface area contributed by atoms with E-state index in [4.69, 9.17) is 0 Å². The molecule has 21 heavy (non-hydrogen) atoms. The zero-order valence-corrected chi connectivity index (χ0v) is 13.0. The molecule has 1 aliphatic rings. The summed E-state index contributed by atoms with van der Waals surface area (Å²) in [6, 6.07) is 6.69. The van der Waals surface area contributed by atoms with Crippen molar-refractivity contribution < 1.29 is 4.39 Å². The van der Waals surface area contributed by atoms with Crippen LogP contribution < -0.4 is 10.2 Å². The molecule has 0 atom stereocenters. The van der Waals surface area contributed by atoms with E-state index in [0.717, 1.165) is 32.0 Å². The van der Waals surface area contributed by atoms with Crippen molar-refractivity contribution in [2.75, 3.05) is 31.1 Å². The van der Waals surface area contributed by atoms with Crippen molar-refractivity contribution in [1.82, 2.24) is 15.3 Å². The summed E-state index contributed by atoms with van der Waals surface area (Å²) in [6.07, 6.45) is 3.26. The first-order valence-electron chi connectivity index (χ1n) is 6.38. The first-order valence-corrected chi connectivity index (χ1v) is 6.38. The van der Waals surface area contributed by atoms with Gasteiger partial charge < -0.3 is 10.2 Å². The maximum atomic E-state index is 13.9. The molecule has 1 N–H and O–H groups in total. The van der Waals surface area contributed by atoms with Gasteiger partial charge in [-0.25, -0.2) is 9.37 Å². The monoisotopic (exact) mass is 330 g/mol. The number of rotatable bonds is 2. The fourth-order valence-corrected chi connectivity index (χ4v) is 2.28. The molecule has 0 amide bonds. The Balaban J connectivity index is 0.00000110. The molecule has 1 saturated heterocycles. The van der Waals surface area contributed by atoms with Gasteiger partial charge in [0.25, 0.3) is 0 Å². The third kappa shape index (κ3) is 3.81. The van der Waals surface area contributed by atoms with Crippen LogP contribution in [0.2, 0.25) is 0 Å². The average Bonchev–Trinajstić information content (AvgIpc) is 2.49. The van der Waals surface area contributed by atoms with E-state index in [1.54, 1.807) is 24.5 Å².